The van der Waals surface area contributed by atoms with Gasteiger partial charge in [-0.05, 0) is 18.2 Å². The van der Waals surface area contributed by atoms with Crippen LogP contribution in [0.25, 0.3) is 11.0 Å². The molecule has 1 aromatic heterocycles. The van der Waals surface area contributed by atoms with Crippen molar-refractivity contribution in [3.05, 3.63) is 59.9 Å². The fraction of sp³-hybridized carbons (Fsp3) is 0.381. The quantitative estimate of drug-likeness (QED) is 0.670. The molecule has 27 heavy (non-hydrogen) atoms. The summed E-state index contributed by atoms with van der Waals surface area (Å²) in [5.74, 6) is 0.695. The molecule has 5 nitrogen and oxygen atoms in total. The van der Waals surface area contributed by atoms with E-state index in [1.54, 1.807) is 6.07 Å². The summed E-state index contributed by atoms with van der Waals surface area (Å²) in [4.78, 5) is 9.39. The van der Waals surface area contributed by atoms with Crippen molar-refractivity contribution in [2.45, 2.75) is 6.54 Å². The molecule has 0 atom stereocenters. The highest BCUT2D eigenvalue weighted by Gasteiger charge is 2.19. The van der Waals surface area contributed by atoms with Gasteiger partial charge >= 0.3 is 0 Å². The topological polar surface area (TPSA) is 33.5 Å². The Morgan fingerprint density at radius 3 is 2.59 bits per heavy atom. The standard InChI is InChI=1S/C21H25FN4O/c1-24-20-9-5-4-8-19(20)23-21(24)26(11-10-25-12-14-27-15-13-25)16-17-6-2-3-7-18(17)22/h2-9H,10-16H2,1H3. The van der Waals surface area contributed by atoms with Crippen molar-refractivity contribution < 1.29 is 9.13 Å². The van der Waals surface area contributed by atoms with Gasteiger partial charge in [0.15, 0.2) is 0 Å². The van der Waals surface area contributed by atoms with E-state index in [0.29, 0.717) is 12.1 Å². The van der Waals surface area contributed by atoms with Gasteiger partial charge < -0.3 is 14.2 Å². The zero-order valence-electron chi connectivity index (χ0n) is 15.6. The largest absolute Gasteiger partial charge is 0.379 e. The number of morpholine rings is 1. The average Bonchev–Trinajstić information content (AvgIpc) is 3.04. The molecule has 0 N–H and O–H groups in total. The first-order valence-corrected chi connectivity index (χ1v) is 9.42. The summed E-state index contributed by atoms with van der Waals surface area (Å²) >= 11 is 0. The number of nitrogens with zero attached hydrogens (tertiary/aromatic N) is 4. The van der Waals surface area contributed by atoms with Gasteiger partial charge in [-0.1, -0.05) is 30.3 Å². The van der Waals surface area contributed by atoms with E-state index in [2.05, 4.69) is 20.4 Å². The van der Waals surface area contributed by atoms with Crippen LogP contribution in [0.2, 0.25) is 0 Å². The van der Waals surface area contributed by atoms with Gasteiger partial charge in [0.25, 0.3) is 0 Å². The smallest absolute Gasteiger partial charge is 0.206 e. The molecular formula is C21H25FN4O. The Morgan fingerprint density at radius 1 is 1.07 bits per heavy atom. The first kappa shape index (κ1) is 17.9. The molecule has 0 spiro atoms. The molecule has 1 aliphatic rings. The van der Waals surface area contributed by atoms with E-state index < -0.39 is 0 Å². The third-order valence-corrected chi connectivity index (χ3v) is 5.16. The lowest BCUT2D eigenvalue weighted by atomic mass is 10.2. The zero-order chi connectivity index (χ0) is 18.6. The predicted octanol–water partition coefficient (Wildman–Crippen LogP) is 3.05. The highest BCUT2D eigenvalue weighted by molar-refractivity contribution is 5.78. The van der Waals surface area contributed by atoms with Crippen LogP contribution in [0.4, 0.5) is 10.3 Å². The second kappa shape index (κ2) is 8.06. The summed E-state index contributed by atoms with van der Waals surface area (Å²) in [6.07, 6.45) is 0. The molecule has 0 radical (unpaired) electrons. The van der Waals surface area contributed by atoms with Crippen molar-refractivity contribution in [3.63, 3.8) is 0 Å². The van der Waals surface area contributed by atoms with E-state index in [4.69, 9.17) is 9.72 Å². The van der Waals surface area contributed by atoms with Crippen LogP contribution in [0.1, 0.15) is 5.56 Å². The molecule has 0 bridgehead atoms. The van der Waals surface area contributed by atoms with Crippen LogP contribution in [0.15, 0.2) is 48.5 Å². The van der Waals surface area contributed by atoms with E-state index in [0.717, 1.165) is 56.4 Å². The second-order valence-electron chi connectivity index (χ2n) is 6.93. The highest BCUT2D eigenvalue weighted by atomic mass is 19.1. The molecule has 1 fully saturated rings. The molecule has 2 heterocycles. The summed E-state index contributed by atoms with van der Waals surface area (Å²) in [6.45, 7) is 5.62. The summed E-state index contributed by atoms with van der Waals surface area (Å²) in [5.41, 5.74) is 2.73. The molecule has 142 valence electrons. The van der Waals surface area contributed by atoms with Crippen molar-refractivity contribution in [3.8, 4) is 0 Å². The number of halogens is 1. The fourth-order valence-corrected chi connectivity index (χ4v) is 3.58. The van der Waals surface area contributed by atoms with Gasteiger partial charge in [0.05, 0.1) is 24.2 Å². The first-order valence-electron chi connectivity index (χ1n) is 9.42. The third kappa shape index (κ3) is 3.96. The lowest BCUT2D eigenvalue weighted by Gasteiger charge is -2.30. The number of para-hydroxylation sites is 2. The van der Waals surface area contributed by atoms with Crippen molar-refractivity contribution in [2.75, 3.05) is 44.3 Å². The minimum absolute atomic E-state index is 0.173. The van der Waals surface area contributed by atoms with Crippen molar-refractivity contribution >= 4 is 17.0 Å². The minimum atomic E-state index is -0.173. The molecule has 1 aliphatic heterocycles. The maximum absolute atomic E-state index is 14.3. The summed E-state index contributed by atoms with van der Waals surface area (Å²) in [5, 5.41) is 0. The van der Waals surface area contributed by atoms with Crippen LogP contribution in [0.5, 0.6) is 0 Å². The van der Waals surface area contributed by atoms with E-state index in [1.807, 2.05) is 37.4 Å². The number of aromatic nitrogens is 2. The van der Waals surface area contributed by atoms with Crippen LogP contribution in [-0.4, -0.2) is 53.8 Å². The Balaban J connectivity index is 1.61. The molecule has 0 saturated carbocycles. The number of rotatable bonds is 6. The Hall–Kier alpha value is -2.44. The second-order valence-corrected chi connectivity index (χ2v) is 6.93. The molecule has 0 unspecified atom stereocenters. The van der Waals surface area contributed by atoms with Gasteiger partial charge in [-0.15, -0.1) is 0 Å². The minimum Gasteiger partial charge on any atom is -0.379 e. The van der Waals surface area contributed by atoms with E-state index in [-0.39, 0.29) is 5.82 Å². The maximum Gasteiger partial charge on any atom is 0.206 e. The number of imidazole rings is 1. The third-order valence-electron chi connectivity index (χ3n) is 5.16. The van der Waals surface area contributed by atoms with Gasteiger partial charge in [-0.3, -0.25) is 4.90 Å². The summed E-state index contributed by atoms with van der Waals surface area (Å²) in [6, 6.07) is 15.1. The Kier molecular flexibility index (Phi) is 5.36. The number of hydrogen-bond acceptors (Lipinski definition) is 4. The number of ether oxygens (including phenoxy) is 1. The molecule has 3 aromatic rings. The number of hydrogen-bond donors (Lipinski definition) is 0. The van der Waals surface area contributed by atoms with E-state index >= 15 is 0 Å². The molecular weight excluding hydrogens is 343 g/mol. The Labute approximate surface area is 159 Å². The normalized spacial score (nSPS) is 15.3. The van der Waals surface area contributed by atoms with Crippen LogP contribution in [-0.2, 0) is 18.3 Å². The highest BCUT2D eigenvalue weighted by Crippen LogP contribution is 2.23. The molecule has 4 rings (SSSR count). The monoisotopic (exact) mass is 368 g/mol. The van der Waals surface area contributed by atoms with E-state index in [9.17, 15) is 4.39 Å². The number of aryl methyl sites for hydroxylation is 1. The van der Waals surface area contributed by atoms with Gasteiger partial charge in [-0.25, -0.2) is 9.37 Å². The van der Waals surface area contributed by atoms with Gasteiger partial charge in [0, 0.05) is 45.3 Å². The fourth-order valence-electron chi connectivity index (χ4n) is 3.58. The first-order chi connectivity index (χ1) is 13.2. The Morgan fingerprint density at radius 2 is 1.81 bits per heavy atom. The van der Waals surface area contributed by atoms with E-state index in [1.165, 1.54) is 6.07 Å². The Bertz CT molecular complexity index is 904. The molecule has 0 aliphatic carbocycles. The van der Waals surface area contributed by atoms with Crippen LogP contribution in [0, 0.1) is 5.82 Å². The van der Waals surface area contributed by atoms with Gasteiger partial charge in [0.2, 0.25) is 5.95 Å². The lowest BCUT2D eigenvalue weighted by Crippen LogP contribution is -2.42. The number of anilines is 1. The van der Waals surface area contributed by atoms with Crippen LogP contribution in [0.3, 0.4) is 0 Å². The molecule has 6 heteroatoms. The number of benzene rings is 2. The van der Waals surface area contributed by atoms with Gasteiger partial charge in [-0.2, -0.15) is 0 Å². The predicted molar refractivity (Wildman–Crippen MR) is 105 cm³/mol. The van der Waals surface area contributed by atoms with Crippen molar-refractivity contribution in [2.24, 2.45) is 7.05 Å². The van der Waals surface area contributed by atoms with Crippen LogP contribution < -0.4 is 4.90 Å². The maximum atomic E-state index is 14.3. The van der Waals surface area contributed by atoms with Crippen molar-refractivity contribution in [1.82, 2.24) is 14.5 Å². The van der Waals surface area contributed by atoms with Crippen LogP contribution >= 0.6 is 0 Å². The van der Waals surface area contributed by atoms with Gasteiger partial charge in [0.1, 0.15) is 5.82 Å². The molecule has 1 saturated heterocycles. The summed E-state index contributed by atoms with van der Waals surface area (Å²) in [7, 11) is 2.02. The molecule has 2 aromatic carbocycles. The zero-order valence-corrected chi connectivity index (χ0v) is 15.6. The van der Waals surface area contributed by atoms with Crippen molar-refractivity contribution in [1.29, 1.82) is 0 Å². The molecule has 0 amide bonds. The average molecular weight is 368 g/mol. The number of fused-ring (bicyclic) bond motifs is 1. The SMILES string of the molecule is Cn1c(N(CCN2CCOCC2)Cc2ccccc2F)nc2ccccc21. The summed E-state index contributed by atoms with van der Waals surface area (Å²) < 4.78 is 21.8. The lowest BCUT2D eigenvalue weighted by molar-refractivity contribution is 0.0391.